The topological polar surface area (TPSA) is 127 Å². The molecule has 192 valence electrons. The number of ether oxygens (including phenoxy) is 2. The van der Waals surface area contributed by atoms with Crippen molar-refractivity contribution in [2.45, 2.75) is 116 Å². The number of unbranched alkanes of at least 4 members (excludes halogenated alkanes) is 10. The molecule has 0 rings (SSSR count). The highest BCUT2D eigenvalue weighted by atomic mass is 16.6. The summed E-state index contributed by atoms with van der Waals surface area (Å²) >= 11 is 0. The molecule has 0 saturated heterocycles. The van der Waals surface area contributed by atoms with E-state index in [2.05, 4.69) is 0 Å². The van der Waals surface area contributed by atoms with E-state index in [0.717, 1.165) is 77.0 Å². The van der Waals surface area contributed by atoms with Crippen LogP contribution in [0.2, 0.25) is 0 Å². The Hall–Kier alpha value is -1.80. The van der Waals surface area contributed by atoms with E-state index in [1.165, 1.54) is 0 Å². The number of aliphatic hydroxyl groups excluding tert-OH is 2. The minimum absolute atomic E-state index is 0.0655. The van der Waals surface area contributed by atoms with Gasteiger partial charge in [0.2, 0.25) is 0 Å². The Morgan fingerprint density at radius 2 is 0.939 bits per heavy atom. The molecule has 0 aromatic heterocycles. The zero-order valence-corrected chi connectivity index (χ0v) is 20.4. The zero-order valence-electron chi connectivity index (χ0n) is 20.4. The smallest absolute Gasteiger partial charge is 0.306 e. The van der Waals surface area contributed by atoms with Gasteiger partial charge in [-0.15, -0.1) is 0 Å². The van der Waals surface area contributed by atoms with Crippen molar-refractivity contribution in [1.82, 2.24) is 0 Å². The molecule has 1 unspecified atom stereocenters. The molecule has 0 fully saturated rings. The van der Waals surface area contributed by atoms with Gasteiger partial charge in [0.1, 0.15) is 25.9 Å². The van der Waals surface area contributed by atoms with Crippen LogP contribution in [0.25, 0.3) is 0 Å². The van der Waals surface area contributed by atoms with E-state index in [0.29, 0.717) is 25.7 Å². The van der Waals surface area contributed by atoms with Crippen LogP contribution in [-0.2, 0) is 28.7 Å². The summed E-state index contributed by atoms with van der Waals surface area (Å²) in [5, 5.41) is 17.3. The van der Waals surface area contributed by atoms with Gasteiger partial charge in [0.25, 0.3) is 0 Å². The Balaban J connectivity index is 3.53. The lowest BCUT2D eigenvalue weighted by Gasteiger charge is -2.13. The van der Waals surface area contributed by atoms with Crippen LogP contribution in [0.4, 0.5) is 0 Å². The number of hydrogen-bond acceptors (Lipinski definition) is 8. The van der Waals surface area contributed by atoms with Crippen molar-refractivity contribution in [1.29, 1.82) is 0 Å². The maximum absolute atomic E-state index is 11.9. The third-order valence-corrected chi connectivity index (χ3v) is 5.34. The van der Waals surface area contributed by atoms with E-state index >= 15 is 0 Å². The minimum atomic E-state index is -0.466. The molecule has 0 spiro atoms. The van der Waals surface area contributed by atoms with Crippen molar-refractivity contribution in [3.05, 3.63) is 0 Å². The molecule has 0 aromatic rings. The monoisotopic (exact) mass is 472 g/mol. The van der Waals surface area contributed by atoms with Gasteiger partial charge in [0.15, 0.2) is 11.6 Å². The fraction of sp³-hybridized carbons (Fsp3) is 0.840. The van der Waals surface area contributed by atoms with Gasteiger partial charge in [-0.25, -0.2) is 0 Å². The lowest BCUT2D eigenvalue weighted by atomic mass is 10.1. The SMILES string of the molecule is CC(COC(=O)CCCCCCCCC(=O)CO)OC(=O)CCCCCCCCC(=O)CO. The van der Waals surface area contributed by atoms with Gasteiger partial charge in [-0.05, 0) is 32.6 Å². The van der Waals surface area contributed by atoms with Gasteiger partial charge in [-0.1, -0.05) is 51.4 Å². The molecular weight excluding hydrogens is 428 g/mol. The fourth-order valence-corrected chi connectivity index (χ4v) is 3.36. The number of hydrogen-bond donors (Lipinski definition) is 2. The highest BCUT2D eigenvalue weighted by molar-refractivity contribution is 5.79. The molecule has 0 amide bonds. The first-order valence-electron chi connectivity index (χ1n) is 12.5. The first kappa shape index (κ1) is 31.2. The van der Waals surface area contributed by atoms with E-state index in [9.17, 15) is 19.2 Å². The van der Waals surface area contributed by atoms with Crippen molar-refractivity contribution in [2.24, 2.45) is 0 Å². The molecule has 0 saturated carbocycles. The molecule has 33 heavy (non-hydrogen) atoms. The summed E-state index contributed by atoms with van der Waals surface area (Å²) in [7, 11) is 0. The van der Waals surface area contributed by atoms with Crippen LogP contribution in [0, 0.1) is 0 Å². The van der Waals surface area contributed by atoms with Gasteiger partial charge in [-0.3, -0.25) is 19.2 Å². The maximum atomic E-state index is 11.9. The lowest BCUT2D eigenvalue weighted by molar-refractivity contribution is -0.158. The Morgan fingerprint density at radius 1 is 0.576 bits per heavy atom. The number of Topliss-reactive ketones (excluding diaryl/α,β-unsaturated/α-hetero) is 2. The summed E-state index contributed by atoms with van der Waals surface area (Å²) in [6, 6.07) is 0. The average Bonchev–Trinajstić information content (AvgIpc) is 2.80. The van der Waals surface area contributed by atoms with Crippen LogP contribution in [0.3, 0.4) is 0 Å². The average molecular weight is 473 g/mol. The Bertz CT molecular complexity index is 547. The number of esters is 2. The van der Waals surface area contributed by atoms with E-state index in [4.69, 9.17) is 19.7 Å². The minimum Gasteiger partial charge on any atom is -0.462 e. The summed E-state index contributed by atoms with van der Waals surface area (Å²) in [6.45, 7) is 1.02. The van der Waals surface area contributed by atoms with Crippen LogP contribution in [0.15, 0.2) is 0 Å². The van der Waals surface area contributed by atoms with E-state index < -0.39 is 6.10 Å². The second-order valence-corrected chi connectivity index (χ2v) is 8.62. The van der Waals surface area contributed by atoms with E-state index in [1.807, 2.05) is 0 Å². The highest BCUT2D eigenvalue weighted by Gasteiger charge is 2.12. The highest BCUT2D eigenvalue weighted by Crippen LogP contribution is 2.11. The largest absolute Gasteiger partial charge is 0.462 e. The first-order valence-corrected chi connectivity index (χ1v) is 12.5. The Morgan fingerprint density at radius 3 is 1.36 bits per heavy atom. The van der Waals surface area contributed by atoms with Gasteiger partial charge >= 0.3 is 11.9 Å². The van der Waals surface area contributed by atoms with Gasteiger partial charge in [-0.2, -0.15) is 0 Å². The molecule has 0 radical (unpaired) electrons. The predicted molar refractivity (Wildman–Crippen MR) is 125 cm³/mol. The van der Waals surface area contributed by atoms with Crippen LogP contribution in [0.5, 0.6) is 0 Å². The molecule has 8 heteroatoms. The maximum Gasteiger partial charge on any atom is 0.306 e. The number of carbonyl (C=O) groups excluding carboxylic acids is 4. The summed E-state index contributed by atoms with van der Waals surface area (Å²) in [6.07, 6.45) is 11.9. The molecule has 8 nitrogen and oxygen atoms in total. The van der Waals surface area contributed by atoms with Crippen molar-refractivity contribution in [3.8, 4) is 0 Å². The van der Waals surface area contributed by atoms with Gasteiger partial charge < -0.3 is 19.7 Å². The molecule has 0 aromatic carbocycles. The second kappa shape index (κ2) is 22.0. The Kier molecular flexibility index (Phi) is 20.8. The quantitative estimate of drug-likeness (QED) is 0.170. The predicted octanol–water partition coefficient (Wildman–Crippen LogP) is 3.83. The summed E-state index contributed by atoms with van der Waals surface area (Å²) in [5.41, 5.74) is 0. The van der Waals surface area contributed by atoms with Crippen molar-refractivity contribution in [2.75, 3.05) is 19.8 Å². The molecule has 0 aliphatic rings. The summed E-state index contributed by atoms with van der Waals surface area (Å²) in [5.74, 6) is -0.801. The van der Waals surface area contributed by atoms with Crippen LogP contribution < -0.4 is 0 Å². The second-order valence-electron chi connectivity index (χ2n) is 8.62. The molecule has 0 aliphatic heterocycles. The number of rotatable bonds is 23. The summed E-state index contributed by atoms with van der Waals surface area (Å²) in [4.78, 5) is 45.6. The summed E-state index contributed by atoms with van der Waals surface area (Å²) < 4.78 is 10.5. The number of aliphatic hydroxyl groups is 2. The molecular formula is C25H44O8. The lowest BCUT2D eigenvalue weighted by Crippen LogP contribution is -2.22. The van der Waals surface area contributed by atoms with Crippen molar-refractivity contribution >= 4 is 23.5 Å². The van der Waals surface area contributed by atoms with E-state index in [-0.39, 0.29) is 43.3 Å². The van der Waals surface area contributed by atoms with Crippen molar-refractivity contribution in [3.63, 3.8) is 0 Å². The molecule has 2 N–H and O–H groups in total. The number of carbonyl (C=O) groups is 4. The number of ketones is 2. The van der Waals surface area contributed by atoms with Crippen molar-refractivity contribution < 1.29 is 38.9 Å². The van der Waals surface area contributed by atoms with Crippen LogP contribution in [-0.4, -0.2) is 59.6 Å². The fourth-order valence-electron chi connectivity index (χ4n) is 3.36. The van der Waals surface area contributed by atoms with Gasteiger partial charge in [0.05, 0.1) is 0 Å². The van der Waals surface area contributed by atoms with E-state index in [1.54, 1.807) is 6.92 Å². The molecule has 0 aliphatic carbocycles. The third-order valence-electron chi connectivity index (χ3n) is 5.34. The normalized spacial score (nSPS) is 11.7. The Labute approximate surface area is 198 Å². The van der Waals surface area contributed by atoms with Gasteiger partial charge in [0, 0.05) is 25.7 Å². The molecule has 1 atom stereocenters. The van der Waals surface area contributed by atoms with Crippen LogP contribution >= 0.6 is 0 Å². The zero-order chi connectivity index (χ0) is 24.7. The molecule has 0 heterocycles. The molecule has 0 bridgehead atoms. The third kappa shape index (κ3) is 21.8. The van der Waals surface area contributed by atoms with Crippen LogP contribution in [0.1, 0.15) is 110 Å². The standard InChI is InChI=1S/C25H44O8/c1-21(33-25(31)17-13-9-5-3-7-11-15-23(29)19-27)20-32-24(30)16-12-8-4-2-6-10-14-22(28)18-26/h21,26-27H,2-20H2,1H3. The first-order chi connectivity index (χ1) is 15.9.